The summed E-state index contributed by atoms with van der Waals surface area (Å²) in [7, 11) is 1.47. The Kier molecular flexibility index (Phi) is 4.47. The van der Waals surface area contributed by atoms with E-state index >= 15 is 0 Å². The minimum Gasteiger partial charge on any atom is -0.475 e. The largest absolute Gasteiger partial charge is 0.475 e. The van der Waals surface area contributed by atoms with E-state index in [-0.39, 0.29) is 24.0 Å². The predicted octanol–water partition coefficient (Wildman–Crippen LogP) is 0.186. The predicted molar refractivity (Wildman–Crippen MR) is 61.3 cm³/mol. The van der Waals surface area contributed by atoms with E-state index < -0.39 is 11.9 Å². The number of aromatic carboxylic acids is 1. The third-order valence-electron chi connectivity index (χ3n) is 2.31. The van der Waals surface area contributed by atoms with Crippen molar-refractivity contribution < 1.29 is 23.9 Å². The molecule has 0 saturated carbocycles. The summed E-state index contributed by atoms with van der Waals surface area (Å²) in [6, 6.07) is 2.47. The van der Waals surface area contributed by atoms with Crippen LogP contribution in [0.2, 0.25) is 0 Å². The minimum atomic E-state index is -1.25. The van der Waals surface area contributed by atoms with Crippen LogP contribution in [0, 0.1) is 0 Å². The number of carboxylic acid groups (broad SMARTS) is 1. The lowest BCUT2D eigenvalue weighted by Gasteiger charge is -2.18. The Morgan fingerprint density at radius 1 is 1.33 bits per heavy atom. The van der Waals surface area contributed by atoms with Gasteiger partial charge < -0.3 is 19.7 Å². The van der Waals surface area contributed by atoms with Gasteiger partial charge >= 0.3 is 5.97 Å². The average molecular weight is 254 g/mol. The number of furan rings is 1. The standard InChI is InChI=1S/C11H14N2O5/c1-3-13(6-9(14)12-2)10(15)7-4-5-8(18-7)11(16)17/h4-5H,3,6H2,1-2H3,(H,12,14)(H,16,17). The van der Waals surface area contributed by atoms with Gasteiger partial charge in [-0.15, -0.1) is 0 Å². The lowest BCUT2D eigenvalue weighted by atomic mass is 10.3. The van der Waals surface area contributed by atoms with Crippen LogP contribution in [0.4, 0.5) is 0 Å². The molecule has 2 N–H and O–H groups in total. The number of hydrogen-bond acceptors (Lipinski definition) is 4. The first-order chi connectivity index (χ1) is 8.49. The summed E-state index contributed by atoms with van der Waals surface area (Å²) in [4.78, 5) is 35.0. The van der Waals surface area contributed by atoms with Gasteiger partial charge in [0.15, 0.2) is 5.76 Å². The van der Waals surface area contributed by atoms with Crippen molar-refractivity contribution in [2.24, 2.45) is 0 Å². The first-order valence-electron chi connectivity index (χ1n) is 5.32. The van der Waals surface area contributed by atoms with E-state index in [1.807, 2.05) is 0 Å². The van der Waals surface area contributed by atoms with Gasteiger partial charge in [0.25, 0.3) is 5.91 Å². The number of hydrogen-bond donors (Lipinski definition) is 2. The minimum absolute atomic E-state index is 0.0989. The van der Waals surface area contributed by atoms with E-state index in [1.165, 1.54) is 24.1 Å². The van der Waals surface area contributed by atoms with Gasteiger partial charge in [-0.25, -0.2) is 4.79 Å². The van der Waals surface area contributed by atoms with Gasteiger partial charge in [-0.1, -0.05) is 0 Å². The van der Waals surface area contributed by atoms with E-state index in [9.17, 15) is 14.4 Å². The molecule has 1 aromatic rings. The highest BCUT2D eigenvalue weighted by Gasteiger charge is 2.21. The van der Waals surface area contributed by atoms with Gasteiger partial charge in [0.05, 0.1) is 6.54 Å². The Morgan fingerprint density at radius 3 is 2.39 bits per heavy atom. The van der Waals surface area contributed by atoms with Gasteiger partial charge in [0.1, 0.15) is 0 Å². The average Bonchev–Trinajstić information content (AvgIpc) is 2.84. The van der Waals surface area contributed by atoms with Gasteiger partial charge in [-0.2, -0.15) is 0 Å². The fourth-order valence-corrected chi connectivity index (χ4v) is 1.30. The second-order valence-corrected chi connectivity index (χ2v) is 3.46. The van der Waals surface area contributed by atoms with Crippen molar-refractivity contribution in [3.05, 3.63) is 23.7 Å². The van der Waals surface area contributed by atoms with Crippen molar-refractivity contribution in [3.63, 3.8) is 0 Å². The number of carbonyl (C=O) groups is 3. The molecule has 0 aliphatic rings. The summed E-state index contributed by atoms with van der Waals surface area (Å²) < 4.78 is 4.88. The van der Waals surface area contributed by atoms with Crippen LogP contribution >= 0.6 is 0 Å². The summed E-state index contributed by atoms with van der Waals surface area (Å²) in [6.45, 7) is 1.92. The Labute approximate surface area is 103 Å². The highest BCUT2D eigenvalue weighted by Crippen LogP contribution is 2.10. The van der Waals surface area contributed by atoms with Crippen molar-refractivity contribution in [2.45, 2.75) is 6.92 Å². The monoisotopic (exact) mass is 254 g/mol. The fourth-order valence-electron chi connectivity index (χ4n) is 1.30. The molecule has 1 aromatic heterocycles. The van der Waals surface area contributed by atoms with E-state index in [0.29, 0.717) is 6.54 Å². The Balaban J connectivity index is 2.82. The van der Waals surface area contributed by atoms with Crippen molar-refractivity contribution in [2.75, 3.05) is 20.1 Å². The number of likely N-dealkylation sites (N-methyl/N-ethyl adjacent to an activating group) is 2. The number of rotatable bonds is 5. The molecule has 0 aromatic carbocycles. The SMILES string of the molecule is CCN(CC(=O)NC)C(=O)c1ccc(C(=O)O)o1. The molecule has 2 amide bonds. The number of nitrogens with one attached hydrogen (secondary N) is 1. The molecule has 0 unspecified atom stereocenters. The number of carboxylic acids is 1. The molecule has 18 heavy (non-hydrogen) atoms. The molecule has 1 rings (SSSR count). The van der Waals surface area contributed by atoms with E-state index in [2.05, 4.69) is 5.32 Å². The van der Waals surface area contributed by atoms with E-state index in [1.54, 1.807) is 6.92 Å². The van der Waals surface area contributed by atoms with Gasteiger partial charge in [-0.3, -0.25) is 9.59 Å². The van der Waals surface area contributed by atoms with Crippen LogP contribution in [-0.4, -0.2) is 47.9 Å². The molecule has 0 fully saturated rings. The molecule has 0 bridgehead atoms. The lowest BCUT2D eigenvalue weighted by Crippen LogP contribution is -2.39. The van der Waals surface area contributed by atoms with Crippen LogP contribution < -0.4 is 5.32 Å². The summed E-state index contributed by atoms with van der Waals surface area (Å²) in [5.41, 5.74) is 0. The fraction of sp³-hybridized carbons (Fsp3) is 0.364. The number of amides is 2. The van der Waals surface area contributed by atoms with Crippen LogP contribution in [0.1, 0.15) is 28.0 Å². The molecule has 0 aliphatic heterocycles. The Morgan fingerprint density at radius 2 is 1.94 bits per heavy atom. The number of nitrogens with zero attached hydrogens (tertiary/aromatic N) is 1. The van der Waals surface area contributed by atoms with Crippen LogP contribution in [0.15, 0.2) is 16.5 Å². The molecule has 7 heteroatoms. The zero-order valence-electron chi connectivity index (χ0n) is 10.1. The molecule has 0 saturated heterocycles. The van der Waals surface area contributed by atoms with Crippen molar-refractivity contribution in [1.29, 1.82) is 0 Å². The molecule has 7 nitrogen and oxygen atoms in total. The first kappa shape index (κ1) is 13.8. The van der Waals surface area contributed by atoms with Crippen molar-refractivity contribution in [1.82, 2.24) is 10.2 Å². The van der Waals surface area contributed by atoms with Crippen LogP contribution in [0.5, 0.6) is 0 Å². The summed E-state index contributed by atoms with van der Waals surface area (Å²) in [5.74, 6) is -2.49. The van der Waals surface area contributed by atoms with Crippen LogP contribution in [0.25, 0.3) is 0 Å². The normalized spacial score (nSPS) is 9.89. The molecular formula is C11H14N2O5. The maximum atomic E-state index is 11.9. The maximum Gasteiger partial charge on any atom is 0.371 e. The Bertz CT molecular complexity index is 466. The van der Waals surface area contributed by atoms with Gasteiger partial charge in [-0.05, 0) is 19.1 Å². The van der Waals surface area contributed by atoms with E-state index in [4.69, 9.17) is 9.52 Å². The molecule has 0 radical (unpaired) electrons. The molecule has 1 heterocycles. The van der Waals surface area contributed by atoms with Crippen molar-refractivity contribution in [3.8, 4) is 0 Å². The number of carbonyl (C=O) groups excluding carboxylic acids is 2. The topological polar surface area (TPSA) is 99.9 Å². The zero-order valence-corrected chi connectivity index (χ0v) is 10.1. The summed E-state index contributed by atoms with van der Waals surface area (Å²) in [6.07, 6.45) is 0. The lowest BCUT2D eigenvalue weighted by molar-refractivity contribution is -0.121. The quantitative estimate of drug-likeness (QED) is 0.781. The molecular weight excluding hydrogens is 240 g/mol. The maximum absolute atomic E-state index is 11.9. The van der Waals surface area contributed by atoms with E-state index in [0.717, 1.165) is 0 Å². The Hall–Kier alpha value is -2.31. The van der Waals surface area contributed by atoms with Gasteiger partial charge in [0.2, 0.25) is 11.7 Å². The van der Waals surface area contributed by atoms with Crippen LogP contribution in [0.3, 0.4) is 0 Å². The highest BCUT2D eigenvalue weighted by atomic mass is 16.4. The highest BCUT2D eigenvalue weighted by molar-refractivity contribution is 5.95. The molecule has 98 valence electrons. The van der Waals surface area contributed by atoms with Gasteiger partial charge in [0, 0.05) is 13.6 Å². The summed E-state index contributed by atoms with van der Waals surface area (Å²) >= 11 is 0. The third kappa shape index (κ3) is 3.09. The summed E-state index contributed by atoms with van der Waals surface area (Å²) in [5, 5.41) is 11.1. The zero-order chi connectivity index (χ0) is 13.7. The first-order valence-corrected chi connectivity index (χ1v) is 5.32. The smallest absolute Gasteiger partial charge is 0.371 e. The molecule has 0 spiro atoms. The van der Waals surface area contributed by atoms with Crippen LogP contribution in [-0.2, 0) is 4.79 Å². The second kappa shape index (κ2) is 5.85. The molecule has 0 atom stereocenters. The molecule has 0 aliphatic carbocycles. The van der Waals surface area contributed by atoms with Crippen molar-refractivity contribution >= 4 is 17.8 Å². The third-order valence-corrected chi connectivity index (χ3v) is 2.31. The second-order valence-electron chi connectivity index (χ2n) is 3.46.